The van der Waals surface area contributed by atoms with Crippen LogP contribution in [0.15, 0.2) is 42.5 Å². The maximum Gasteiger partial charge on any atom is 0.165 e. The van der Waals surface area contributed by atoms with Gasteiger partial charge in [-0.25, -0.2) is 8.78 Å². The van der Waals surface area contributed by atoms with E-state index in [1.54, 1.807) is 12.1 Å². The molecule has 0 unspecified atom stereocenters. The van der Waals surface area contributed by atoms with Gasteiger partial charge >= 0.3 is 0 Å². The lowest BCUT2D eigenvalue weighted by molar-refractivity contribution is 0.111. The first-order valence-corrected chi connectivity index (χ1v) is 5.32. The van der Waals surface area contributed by atoms with Crippen LogP contribution in [0.1, 0.15) is 15.9 Å². The highest BCUT2D eigenvalue weighted by Crippen LogP contribution is 2.22. The Balaban J connectivity index is 2.21. The molecule has 2 aromatic rings. The maximum atomic E-state index is 13.5. The minimum atomic E-state index is -0.643. The summed E-state index contributed by atoms with van der Waals surface area (Å²) in [4.78, 5) is 10.7. The number of benzene rings is 2. The lowest BCUT2D eigenvalue weighted by Crippen LogP contribution is -2.02. The molecule has 2 aromatic carbocycles. The molecule has 2 rings (SSSR count). The van der Waals surface area contributed by atoms with Crippen molar-refractivity contribution in [2.45, 2.75) is 6.61 Å². The van der Waals surface area contributed by atoms with E-state index in [9.17, 15) is 13.6 Å². The van der Waals surface area contributed by atoms with E-state index in [0.29, 0.717) is 11.8 Å². The van der Waals surface area contributed by atoms with Gasteiger partial charge in [0.1, 0.15) is 12.4 Å². The second-order valence-electron chi connectivity index (χ2n) is 3.66. The maximum absolute atomic E-state index is 13.5. The summed E-state index contributed by atoms with van der Waals surface area (Å²) < 4.78 is 32.0. The Morgan fingerprint density at radius 3 is 2.44 bits per heavy atom. The van der Waals surface area contributed by atoms with Crippen LogP contribution in [0.3, 0.4) is 0 Å². The van der Waals surface area contributed by atoms with Crippen LogP contribution in [-0.2, 0) is 6.61 Å². The molecule has 0 aliphatic rings. The van der Waals surface area contributed by atoms with E-state index in [4.69, 9.17) is 4.74 Å². The molecule has 0 radical (unpaired) electrons. The molecule has 0 bridgehead atoms. The number of carbonyl (C=O) groups is 1. The Morgan fingerprint density at radius 2 is 1.72 bits per heavy atom. The number of carbonyl (C=O) groups excluding carboxylic acids is 1. The van der Waals surface area contributed by atoms with Crippen LogP contribution < -0.4 is 4.74 Å². The SMILES string of the molecule is O=Cc1cccc(F)c1OCc1ccccc1F. The van der Waals surface area contributed by atoms with Crippen molar-refractivity contribution >= 4 is 6.29 Å². The van der Waals surface area contributed by atoms with Gasteiger partial charge in [0.05, 0.1) is 5.56 Å². The van der Waals surface area contributed by atoms with Crippen LogP contribution in [0.4, 0.5) is 8.78 Å². The second-order valence-corrected chi connectivity index (χ2v) is 3.66. The lowest BCUT2D eigenvalue weighted by atomic mass is 10.2. The van der Waals surface area contributed by atoms with Crippen LogP contribution in [0.5, 0.6) is 5.75 Å². The molecule has 0 N–H and O–H groups in total. The Morgan fingerprint density at radius 1 is 1.00 bits per heavy atom. The highest BCUT2D eigenvalue weighted by molar-refractivity contribution is 5.79. The zero-order chi connectivity index (χ0) is 13.0. The number of halogens is 2. The van der Waals surface area contributed by atoms with Crippen molar-refractivity contribution in [2.24, 2.45) is 0 Å². The van der Waals surface area contributed by atoms with Crippen molar-refractivity contribution < 1.29 is 18.3 Å². The number of rotatable bonds is 4. The van der Waals surface area contributed by atoms with Crippen molar-refractivity contribution in [3.8, 4) is 5.75 Å². The van der Waals surface area contributed by atoms with E-state index < -0.39 is 11.6 Å². The fourth-order valence-corrected chi connectivity index (χ4v) is 1.54. The largest absolute Gasteiger partial charge is 0.485 e. The Kier molecular flexibility index (Phi) is 3.67. The highest BCUT2D eigenvalue weighted by atomic mass is 19.1. The smallest absolute Gasteiger partial charge is 0.165 e. The fraction of sp³-hybridized carbons (Fsp3) is 0.0714. The molecule has 4 heteroatoms. The van der Waals surface area contributed by atoms with Gasteiger partial charge in [0, 0.05) is 5.56 Å². The van der Waals surface area contributed by atoms with Gasteiger partial charge in [-0.15, -0.1) is 0 Å². The molecular formula is C14H10F2O2. The Labute approximate surface area is 103 Å². The molecule has 0 fully saturated rings. The third-order valence-corrected chi connectivity index (χ3v) is 2.45. The van der Waals surface area contributed by atoms with Gasteiger partial charge in [-0.05, 0) is 18.2 Å². The summed E-state index contributed by atoms with van der Waals surface area (Å²) in [5.74, 6) is -1.23. The van der Waals surface area contributed by atoms with E-state index in [0.717, 1.165) is 0 Å². The first kappa shape index (κ1) is 12.2. The topological polar surface area (TPSA) is 26.3 Å². The molecule has 0 aliphatic carbocycles. The van der Waals surface area contributed by atoms with Gasteiger partial charge in [0.2, 0.25) is 0 Å². The molecule has 18 heavy (non-hydrogen) atoms. The molecule has 0 saturated carbocycles. The number of ether oxygens (including phenoxy) is 1. The molecule has 0 atom stereocenters. The van der Waals surface area contributed by atoms with Crippen LogP contribution >= 0.6 is 0 Å². The summed E-state index contributed by atoms with van der Waals surface area (Å²) in [6, 6.07) is 10.1. The summed E-state index contributed by atoms with van der Waals surface area (Å²) in [6.07, 6.45) is 0.500. The van der Waals surface area contributed by atoms with Crippen LogP contribution in [0.2, 0.25) is 0 Å². The van der Waals surface area contributed by atoms with Gasteiger partial charge in [-0.3, -0.25) is 4.79 Å². The van der Waals surface area contributed by atoms with E-state index in [1.165, 1.54) is 30.3 Å². The average Bonchev–Trinajstić information content (AvgIpc) is 2.39. The van der Waals surface area contributed by atoms with Crippen molar-refractivity contribution in [1.29, 1.82) is 0 Å². The number of para-hydroxylation sites is 1. The minimum Gasteiger partial charge on any atom is -0.485 e. The lowest BCUT2D eigenvalue weighted by Gasteiger charge is -2.09. The number of hydrogen-bond acceptors (Lipinski definition) is 2. The van der Waals surface area contributed by atoms with Crippen LogP contribution in [0.25, 0.3) is 0 Å². The van der Waals surface area contributed by atoms with E-state index >= 15 is 0 Å². The molecular weight excluding hydrogens is 238 g/mol. The molecule has 0 aromatic heterocycles. The molecule has 2 nitrogen and oxygen atoms in total. The highest BCUT2D eigenvalue weighted by Gasteiger charge is 2.10. The number of aldehydes is 1. The predicted molar refractivity (Wildman–Crippen MR) is 62.5 cm³/mol. The Bertz CT molecular complexity index is 567. The van der Waals surface area contributed by atoms with Crippen molar-refractivity contribution in [3.63, 3.8) is 0 Å². The number of hydrogen-bond donors (Lipinski definition) is 0. The van der Waals surface area contributed by atoms with E-state index in [2.05, 4.69) is 0 Å². The monoisotopic (exact) mass is 248 g/mol. The normalized spacial score (nSPS) is 10.1. The van der Waals surface area contributed by atoms with Crippen molar-refractivity contribution in [2.75, 3.05) is 0 Å². The van der Waals surface area contributed by atoms with Gasteiger partial charge in [0.25, 0.3) is 0 Å². The fourth-order valence-electron chi connectivity index (χ4n) is 1.54. The molecule has 0 heterocycles. The molecule has 0 amide bonds. The molecule has 92 valence electrons. The van der Waals surface area contributed by atoms with Crippen molar-refractivity contribution in [1.82, 2.24) is 0 Å². The average molecular weight is 248 g/mol. The zero-order valence-corrected chi connectivity index (χ0v) is 9.40. The van der Waals surface area contributed by atoms with Gasteiger partial charge in [-0.1, -0.05) is 24.3 Å². The van der Waals surface area contributed by atoms with Crippen molar-refractivity contribution in [3.05, 3.63) is 65.2 Å². The summed E-state index contributed by atoms with van der Waals surface area (Å²) in [6.45, 7) is -0.131. The summed E-state index contributed by atoms with van der Waals surface area (Å²) >= 11 is 0. The van der Waals surface area contributed by atoms with Crippen LogP contribution in [-0.4, -0.2) is 6.29 Å². The third kappa shape index (κ3) is 2.53. The standard InChI is InChI=1S/C14H10F2O2/c15-12-6-2-1-4-11(12)9-18-14-10(8-17)5-3-7-13(14)16/h1-8H,9H2. The molecule has 0 aliphatic heterocycles. The Hall–Kier alpha value is -2.23. The van der Waals surface area contributed by atoms with Gasteiger partial charge in [-0.2, -0.15) is 0 Å². The second kappa shape index (κ2) is 5.40. The summed E-state index contributed by atoms with van der Waals surface area (Å²) in [5, 5.41) is 0. The first-order chi connectivity index (χ1) is 8.72. The summed E-state index contributed by atoms with van der Waals surface area (Å²) in [7, 11) is 0. The van der Waals surface area contributed by atoms with Gasteiger partial charge < -0.3 is 4.74 Å². The van der Waals surface area contributed by atoms with E-state index in [-0.39, 0.29) is 17.9 Å². The predicted octanol–water partition coefficient (Wildman–Crippen LogP) is 3.36. The minimum absolute atomic E-state index is 0.103. The van der Waals surface area contributed by atoms with E-state index in [1.807, 2.05) is 0 Å². The first-order valence-electron chi connectivity index (χ1n) is 5.32. The third-order valence-electron chi connectivity index (χ3n) is 2.45. The molecule has 0 saturated heterocycles. The van der Waals surface area contributed by atoms with Crippen LogP contribution in [0, 0.1) is 11.6 Å². The van der Waals surface area contributed by atoms with Gasteiger partial charge in [0.15, 0.2) is 17.9 Å². The summed E-state index contributed by atoms with van der Waals surface area (Å²) in [5.41, 5.74) is 0.406. The molecule has 0 spiro atoms. The quantitative estimate of drug-likeness (QED) is 0.775. The zero-order valence-electron chi connectivity index (χ0n) is 9.40.